The second-order valence-corrected chi connectivity index (χ2v) is 4.04. The van der Waals surface area contributed by atoms with Gasteiger partial charge in [-0.2, -0.15) is 0 Å². The van der Waals surface area contributed by atoms with Gasteiger partial charge >= 0.3 is 5.69 Å². The van der Waals surface area contributed by atoms with E-state index in [2.05, 4.69) is 10.3 Å². The third-order valence-corrected chi connectivity index (χ3v) is 2.70. The molecule has 1 aromatic heterocycles. The lowest BCUT2D eigenvalue weighted by atomic mass is 10.2. The standard InChI is InChI=1S/C13H14N4O2/c14-11-4-1-5-12(13(11)17(18)19)16-8-6-10-3-2-7-15-9-10/h1-5,7,9,16H,6,8,14H2. The smallest absolute Gasteiger partial charge is 0.314 e. The number of aromatic nitrogens is 1. The maximum absolute atomic E-state index is 11.0. The highest BCUT2D eigenvalue weighted by Gasteiger charge is 2.16. The summed E-state index contributed by atoms with van der Waals surface area (Å²) in [4.78, 5) is 14.5. The summed E-state index contributed by atoms with van der Waals surface area (Å²) in [5.41, 5.74) is 7.21. The molecule has 6 nitrogen and oxygen atoms in total. The summed E-state index contributed by atoms with van der Waals surface area (Å²) in [5.74, 6) is 0. The van der Waals surface area contributed by atoms with Gasteiger partial charge in [0.2, 0.25) is 0 Å². The molecule has 1 aromatic carbocycles. The zero-order valence-electron chi connectivity index (χ0n) is 10.2. The van der Waals surface area contributed by atoms with Crippen LogP contribution in [0.2, 0.25) is 0 Å². The van der Waals surface area contributed by atoms with E-state index in [0.717, 1.165) is 12.0 Å². The molecule has 0 amide bonds. The maximum atomic E-state index is 11.0. The van der Waals surface area contributed by atoms with Crippen molar-refractivity contribution in [2.45, 2.75) is 6.42 Å². The average Bonchev–Trinajstić information content (AvgIpc) is 2.39. The van der Waals surface area contributed by atoms with Crippen molar-refractivity contribution in [2.24, 2.45) is 0 Å². The van der Waals surface area contributed by atoms with Gasteiger partial charge < -0.3 is 11.1 Å². The van der Waals surface area contributed by atoms with Gasteiger partial charge in [-0.25, -0.2) is 0 Å². The molecule has 0 bridgehead atoms. The normalized spacial score (nSPS) is 10.1. The van der Waals surface area contributed by atoms with Gasteiger partial charge in [0.1, 0.15) is 11.4 Å². The van der Waals surface area contributed by atoms with Crippen molar-refractivity contribution < 1.29 is 4.92 Å². The predicted octanol–water partition coefficient (Wildman–Crippen LogP) is 2.23. The first-order valence-electron chi connectivity index (χ1n) is 5.84. The molecule has 0 saturated carbocycles. The Morgan fingerprint density at radius 1 is 1.32 bits per heavy atom. The van der Waals surface area contributed by atoms with Crippen LogP contribution in [0.1, 0.15) is 5.56 Å². The molecule has 19 heavy (non-hydrogen) atoms. The van der Waals surface area contributed by atoms with Crippen molar-refractivity contribution >= 4 is 17.1 Å². The SMILES string of the molecule is Nc1cccc(NCCc2cccnc2)c1[N+](=O)[O-]. The summed E-state index contributed by atoms with van der Waals surface area (Å²) in [5, 5.41) is 14.0. The number of para-hydroxylation sites is 1. The summed E-state index contributed by atoms with van der Waals surface area (Å²) >= 11 is 0. The van der Waals surface area contributed by atoms with Crippen LogP contribution in [-0.4, -0.2) is 16.5 Å². The Labute approximate surface area is 110 Å². The molecule has 0 unspecified atom stereocenters. The van der Waals surface area contributed by atoms with Crippen LogP contribution in [0.25, 0.3) is 0 Å². The fourth-order valence-corrected chi connectivity index (χ4v) is 1.80. The number of nitrogens with zero attached hydrogens (tertiary/aromatic N) is 2. The molecule has 0 spiro atoms. The van der Waals surface area contributed by atoms with E-state index in [1.54, 1.807) is 24.5 Å². The minimum absolute atomic E-state index is 0.0753. The first-order chi connectivity index (χ1) is 9.18. The number of anilines is 2. The topological polar surface area (TPSA) is 94.1 Å². The van der Waals surface area contributed by atoms with E-state index < -0.39 is 4.92 Å². The average molecular weight is 258 g/mol. The number of nitro benzene ring substituents is 1. The molecule has 1 heterocycles. The van der Waals surface area contributed by atoms with E-state index in [0.29, 0.717) is 12.2 Å². The van der Waals surface area contributed by atoms with E-state index >= 15 is 0 Å². The lowest BCUT2D eigenvalue weighted by molar-refractivity contribution is -0.383. The molecule has 0 saturated heterocycles. The fourth-order valence-electron chi connectivity index (χ4n) is 1.80. The van der Waals surface area contributed by atoms with Gasteiger partial charge in [0.15, 0.2) is 0 Å². The van der Waals surface area contributed by atoms with Gasteiger partial charge in [0.05, 0.1) is 4.92 Å². The third-order valence-electron chi connectivity index (χ3n) is 2.70. The van der Waals surface area contributed by atoms with Crippen molar-refractivity contribution in [3.8, 4) is 0 Å². The minimum Gasteiger partial charge on any atom is -0.393 e. The number of rotatable bonds is 5. The predicted molar refractivity (Wildman–Crippen MR) is 73.9 cm³/mol. The molecular formula is C13H14N4O2. The number of pyridine rings is 1. The van der Waals surface area contributed by atoms with E-state index in [9.17, 15) is 10.1 Å². The molecule has 2 rings (SSSR count). The van der Waals surface area contributed by atoms with Gasteiger partial charge in [0.25, 0.3) is 0 Å². The number of nitro groups is 1. The van der Waals surface area contributed by atoms with Gasteiger partial charge in [-0.15, -0.1) is 0 Å². The Kier molecular flexibility index (Phi) is 3.92. The number of nitrogen functional groups attached to an aromatic ring is 1. The van der Waals surface area contributed by atoms with E-state index in [4.69, 9.17) is 5.73 Å². The number of nitrogens with one attached hydrogen (secondary N) is 1. The molecule has 0 atom stereocenters. The van der Waals surface area contributed by atoms with Gasteiger partial charge in [-0.3, -0.25) is 15.1 Å². The quantitative estimate of drug-likeness (QED) is 0.487. The summed E-state index contributed by atoms with van der Waals surface area (Å²) in [6, 6.07) is 8.68. The minimum atomic E-state index is -0.470. The van der Waals surface area contributed by atoms with Crippen LogP contribution in [0.15, 0.2) is 42.7 Å². The molecule has 98 valence electrons. The molecule has 0 aliphatic rings. The van der Waals surface area contributed by atoms with Crippen molar-refractivity contribution in [1.82, 2.24) is 4.98 Å². The fraction of sp³-hybridized carbons (Fsp3) is 0.154. The number of benzene rings is 1. The van der Waals surface area contributed by atoms with Crippen LogP contribution in [0.4, 0.5) is 17.1 Å². The lowest BCUT2D eigenvalue weighted by Crippen LogP contribution is -2.08. The lowest BCUT2D eigenvalue weighted by Gasteiger charge is -2.08. The van der Waals surface area contributed by atoms with Crippen molar-refractivity contribution in [3.05, 3.63) is 58.4 Å². The van der Waals surface area contributed by atoms with Crippen molar-refractivity contribution in [3.63, 3.8) is 0 Å². The summed E-state index contributed by atoms with van der Waals surface area (Å²) < 4.78 is 0. The summed E-state index contributed by atoms with van der Waals surface area (Å²) in [6.07, 6.45) is 4.22. The summed E-state index contributed by atoms with van der Waals surface area (Å²) in [7, 11) is 0. The van der Waals surface area contributed by atoms with E-state index in [1.807, 2.05) is 12.1 Å². The number of hydrogen-bond acceptors (Lipinski definition) is 5. The van der Waals surface area contributed by atoms with Crippen LogP contribution in [0.5, 0.6) is 0 Å². The Morgan fingerprint density at radius 3 is 2.84 bits per heavy atom. The van der Waals surface area contributed by atoms with E-state index in [1.165, 1.54) is 6.07 Å². The molecule has 0 aliphatic carbocycles. The van der Waals surface area contributed by atoms with Crippen LogP contribution in [-0.2, 0) is 6.42 Å². The van der Waals surface area contributed by atoms with Gasteiger partial charge in [0, 0.05) is 18.9 Å². The first kappa shape index (κ1) is 12.8. The largest absolute Gasteiger partial charge is 0.393 e. The molecule has 0 aliphatic heterocycles. The van der Waals surface area contributed by atoms with Gasteiger partial charge in [-0.05, 0) is 30.2 Å². The number of nitrogens with two attached hydrogens (primary N) is 1. The molecule has 6 heteroatoms. The molecule has 2 aromatic rings. The molecule has 0 radical (unpaired) electrons. The highest BCUT2D eigenvalue weighted by molar-refractivity contribution is 5.74. The van der Waals surface area contributed by atoms with Gasteiger partial charge in [-0.1, -0.05) is 12.1 Å². The van der Waals surface area contributed by atoms with Crippen LogP contribution < -0.4 is 11.1 Å². The van der Waals surface area contributed by atoms with Crippen LogP contribution in [0.3, 0.4) is 0 Å². The Balaban J connectivity index is 2.04. The Hall–Kier alpha value is -2.63. The zero-order valence-corrected chi connectivity index (χ0v) is 10.2. The highest BCUT2D eigenvalue weighted by Crippen LogP contribution is 2.30. The molecule has 0 fully saturated rings. The first-order valence-corrected chi connectivity index (χ1v) is 5.84. The highest BCUT2D eigenvalue weighted by atomic mass is 16.6. The van der Waals surface area contributed by atoms with Crippen molar-refractivity contribution in [2.75, 3.05) is 17.6 Å². The molecule has 3 N–H and O–H groups in total. The Bertz CT molecular complexity index is 572. The van der Waals surface area contributed by atoms with Crippen LogP contribution >= 0.6 is 0 Å². The third kappa shape index (κ3) is 3.19. The van der Waals surface area contributed by atoms with E-state index in [-0.39, 0.29) is 11.4 Å². The maximum Gasteiger partial charge on any atom is 0.314 e. The Morgan fingerprint density at radius 2 is 2.16 bits per heavy atom. The second kappa shape index (κ2) is 5.81. The number of hydrogen-bond donors (Lipinski definition) is 2. The van der Waals surface area contributed by atoms with Crippen molar-refractivity contribution in [1.29, 1.82) is 0 Å². The molecular weight excluding hydrogens is 244 g/mol. The monoisotopic (exact) mass is 258 g/mol. The second-order valence-electron chi connectivity index (χ2n) is 4.04. The summed E-state index contributed by atoms with van der Waals surface area (Å²) in [6.45, 7) is 0.579. The zero-order chi connectivity index (χ0) is 13.7. The van der Waals surface area contributed by atoms with Crippen LogP contribution in [0, 0.1) is 10.1 Å².